The monoisotopic (exact) mass is 294 g/mol. The molecule has 3 nitrogen and oxygen atoms in total. The zero-order chi connectivity index (χ0) is 14.2. The predicted octanol–water partition coefficient (Wildman–Crippen LogP) is 4.61. The maximum absolute atomic E-state index is 5.71. The Bertz CT molecular complexity index is 923. The molecule has 21 heavy (non-hydrogen) atoms. The van der Waals surface area contributed by atoms with Gasteiger partial charge in [0.1, 0.15) is 5.75 Å². The number of benzene rings is 2. The standard InChI is InChI=1S/C17H14N2OS/c1-2-20-15-9-5-3-7-12(15)13-11-19-14-8-4-6-10-16(14)21-17(19)18-13/h3-11H,2H2,1H3. The van der Waals surface area contributed by atoms with Crippen LogP contribution in [0.3, 0.4) is 0 Å². The van der Waals surface area contributed by atoms with E-state index >= 15 is 0 Å². The van der Waals surface area contributed by atoms with E-state index in [1.807, 2.05) is 25.1 Å². The van der Waals surface area contributed by atoms with E-state index in [1.165, 1.54) is 10.2 Å². The Morgan fingerprint density at radius 1 is 1.10 bits per heavy atom. The second-order valence-corrected chi connectivity index (χ2v) is 5.79. The number of para-hydroxylation sites is 2. The van der Waals surface area contributed by atoms with Gasteiger partial charge in [0.15, 0.2) is 4.96 Å². The molecule has 0 bridgehead atoms. The molecule has 0 saturated carbocycles. The van der Waals surface area contributed by atoms with Crippen LogP contribution in [0.15, 0.2) is 54.7 Å². The van der Waals surface area contributed by atoms with Crippen molar-refractivity contribution >= 4 is 26.5 Å². The zero-order valence-electron chi connectivity index (χ0n) is 11.6. The van der Waals surface area contributed by atoms with Crippen LogP contribution in [0.1, 0.15) is 6.92 Å². The van der Waals surface area contributed by atoms with Crippen molar-refractivity contribution in [3.63, 3.8) is 0 Å². The fourth-order valence-electron chi connectivity index (χ4n) is 2.54. The lowest BCUT2D eigenvalue weighted by molar-refractivity contribution is 0.341. The summed E-state index contributed by atoms with van der Waals surface area (Å²) in [6.07, 6.45) is 2.09. The van der Waals surface area contributed by atoms with Gasteiger partial charge in [0.05, 0.1) is 22.5 Å². The molecule has 4 aromatic rings. The van der Waals surface area contributed by atoms with E-state index in [0.29, 0.717) is 6.61 Å². The highest BCUT2D eigenvalue weighted by molar-refractivity contribution is 7.23. The number of imidazole rings is 1. The number of aromatic nitrogens is 2. The van der Waals surface area contributed by atoms with Gasteiger partial charge in [-0.1, -0.05) is 35.6 Å². The highest BCUT2D eigenvalue weighted by Crippen LogP contribution is 2.33. The molecule has 0 atom stereocenters. The molecule has 0 fully saturated rings. The van der Waals surface area contributed by atoms with Gasteiger partial charge >= 0.3 is 0 Å². The Morgan fingerprint density at radius 2 is 1.90 bits per heavy atom. The molecule has 0 radical (unpaired) electrons. The first-order valence-corrected chi connectivity index (χ1v) is 7.77. The topological polar surface area (TPSA) is 26.5 Å². The molecule has 2 heterocycles. The van der Waals surface area contributed by atoms with Crippen LogP contribution in [-0.4, -0.2) is 16.0 Å². The molecule has 4 heteroatoms. The molecule has 2 aromatic carbocycles. The second kappa shape index (κ2) is 4.90. The van der Waals surface area contributed by atoms with E-state index in [0.717, 1.165) is 22.0 Å². The van der Waals surface area contributed by atoms with Crippen molar-refractivity contribution < 1.29 is 4.74 Å². The molecule has 0 N–H and O–H groups in total. The molecule has 0 saturated heterocycles. The summed E-state index contributed by atoms with van der Waals surface area (Å²) in [6, 6.07) is 16.4. The first kappa shape index (κ1) is 12.4. The van der Waals surface area contributed by atoms with E-state index in [-0.39, 0.29) is 0 Å². The maximum Gasteiger partial charge on any atom is 0.195 e. The average molecular weight is 294 g/mol. The van der Waals surface area contributed by atoms with Crippen molar-refractivity contribution in [2.24, 2.45) is 0 Å². The van der Waals surface area contributed by atoms with Crippen molar-refractivity contribution in [1.29, 1.82) is 0 Å². The highest BCUT2D eigenvalue weighted by Gasteiger charge is 2.12. The van der Waals surface area contributed by atoms with E-state index in [2.05, 4.69) is 40.9 Å². The quantitative estimate of drug-likeness (QED) is 0.551. The Morgan fingerprint density at radius 3 is 2.81 bits per heavy atom. The van der Waals surface area contributed by atoms with Gasteiger partial charge in [-0.15, -0.1) is 0 Å². The largest absolute Gasteiger partial charge is 0.493 e. The fraction of sp³-hybridized carbons (Fsp3) is 0.118. The lowest BCUT2D eigenvalue weighted by Gasteiger charge is -2.07. The van der Waals surface area contributed by atoms with Gasteiger partial charge in [0, 0.05) is 11.8 Å². The number of hydrogen-bond acceptors (Lipinski definition) is 3. The van der Waals surface area contributed by atoms with Crippen LogP contribution in [-0.2, 0) is 0 Å². The van der Waals surface area contributed by atoms with Gasteiger partial charge in [0.25, 0.3) is 0 Å². The summed E-state index contributed by atoms with van der Waals surface area (Å²) in [5.41, 5.74) is 3.19. The van der Waals surface area contributed by atoms with Crippen molar-refractivity contribution in [3.05, 3.63) is 54.7 Å². The molecule has 0 aliphatic carbocycles. The van der Waals surface area contributed by atoms with Crippen LogP contribution < -0.4 is 4.74 Å². The summed E-state index contributed by atoms with van der Waals surface area (Å²) in [5, 5.41) is 0. The van der Waals surface area contributed by atoms with Gasteiger partial charge in [0.2, 0.25) is 0 Å². The van der Waals surface area contributed by atoms with Crippen LogP contribution >= 0.6 is 11.3 Å². The van der Waals surface area contributed by atoms with Gasteiger partial charge < -0.3 is 4.74 Å². The zero-order valence-corrected chi connectivity index (χ0v) is 12.4. The lowest BCUT2D eigenvalue weighted by Crippen LogP contribution is -1.93. The number of ether oxygens (including phenoxy) is 1. The minimum absolute atomic E-state index is 0.655. The lowest BCUT2D eigenvalue weighted by atomic mass is 10.1. The van der Waals surface area contributed by atoms with Crippen molar-refractivity contribution in [2.45, 2.75) is 6.92 Å². The SMILES string of the molecule is CCOc1ccccc1-c1cn2c(n1)sc1ccccc12. The van der Waals surface area contributed by atoms with Crippen LogP contribution in [0, 0.1) is 0 Å². The Balaban J connectivity index is 1.91. The number of hydrogen-bond donors (Lipinski definition) is 0. The van der Waals surface area contributed by atoms with E-state index in [1.54, 1.807) is 11.3 Å². The number of fused-ring (bicyclic) bond motifs is 3. The number of rotatable bonds is 3. The summed E-state index contributed by atoms with van der Waals surface area (Å²) >= 11 is 1.71. The van der Waals surface area contributed by atoms with Gasteiger partial charge in [-0.2, -0.15) is 0 Å². The van der Waals surface area contributed by atoms with Crippen LogP contribution in [0.2, 0.25) is 0 Å². The number of thiazole rings is 1. The average Bonchev–Trinajstić information content (AvgIpc) is 3.06. The first-order chi connectivity index (χ1) is 10.4. The number of nitrogens with zero attached hydrogens (tertiary/aromatic N) is 2. The van der Waals surface area contributed by atoms with Gasteiger partial charge in [-0.3, -0.25) is 4.40 Å². The molecular weight excluding hydrogens is 280 g/mol. The molecular formula is C17H14N2OS. The summed E-state index contributed by atoms with van der Waals surface area (Å²) < 4.78 is 9.11. The Hall–Kier alpha value is -2.33. The van der Waals surface area contributed by atoms with Gasteiger partial charge in [-0.05, 0) is 31.2 Å². The third-order valence-electron chi connectivity index (χ3n) is 3.46. The summed E-state index contributed by atoms with van der Waals surface area (Å²) in [7, 11) is 0. The van der Waals surface area contributed by atoms with Crippen molar-refractivity contribution in [2.75, 3.05) is 6.61 Å². The van der Waals surface area contributed by atoms with Crippen LogP contribution in [0.25, 0.3) is 26.4 Å². The van der Waals surface area contributed by atoms with E-state index < -0.39 is 0 Å². The molecule has 0 aliphatic rings. The third-order valence-corrected chi connectivity index (χ3v) is 4.50. The summed E-state index contributed by atoms with van der Waals surface area (Å²) in [6.45, 7) is 2.65. The molecule has 4 rings (SSSR count). The maximum atomic E-state index is 5.71. The molecule has 0 unspecified atom stereocenters. The minimum atomic E-state index is 0.655. The molecule has 2 aromatic heterocycles. The molecule has 0 aliphatic heterocycles. The van der Waals surface area contributed by atoms with Gasteiger partial charge in [-0.25, -0.2) is 4.98 Å². The van der Waals surface area contributed by atoms with Crippen LogP contribution in [0.4, 0.5) is 0 Å². The highest BCUT2D eigenvalue weighted by atomic mass is 32.1. The fourth-order valence-corrected chi connectivity index (χ4v) is 3.55. The van der Waals surface area contributed by atoms with E-state index in [9.17, 15) is 0 Å². The smallest absolute Gasteiger partial charge is 0.195 e. The first-order valence-electron chi connectivity index (χ1n) is 6.95. The molecule has 0 amide bonds. The van der Waals surface area contributed by atoms with Crippen molar-refractivity contribution in [3.8, 4) is 17.0 Å². The van der Waals surface area contributed by atoms with Crippen molar-refractivity contribution in [1.82, 2.24) is 9.38 Å². The Labute approximate surface area is 126 Å². The normalized spacial score (nSPS) is 11.3. The third kappa shape index (κ3) is 1.99. The Kier molecular flexibility index (Phi) is 2.89. The van der Waals surface area contributed by atoms with E-state index in [4.69, 9.17) is 9.72 Å². The summed E-state index contributed by atoms with van der Waals surface area (Å²) in [5.74, 6) is 0.884. The summed E-state index contributed by atoms with van der Waals surface area (Å²) in [4.78, 5) is 5.78. The second-order valence-electron chi connectivity index (χ2n) is 4.78. The van der Waals surface area contributed by atoms with Crippen LogP contribution in [0.5, 0.6) is 5.75 Å². The molecule has 104 valence electrons. The predicted molar refractivity (Wildman–Crippen MR) is 87.2 cm³/mol. The molecule has 0 spiro atoms. The minimum Gasteiger partial charge on any atom is -0.493 e.